The first kappa shape index (κ1) is 16.3. The third-order valence-electron chi connectivity index (χ3n) is 0. The van der Waals surface area contributed by atoms with Crippen molar-refractivity contribution >= 4 is 78.7 Å². The third-order valence-corrected chi connectivity index (χ3v) is 0. The van der Waals surface area contributed by atoms with Crippen molar-refractivity contribution in [1.82, 2.24) is 0 Å². The first-order chi connectivity index (χ1) is 2.00. The van der Waals surface area contributed by atoms with Gasteiger partial charge in [0.15, 0.2) is 0 Å². The number of rotatable bonds is 0. The number of hydrogen-bond acceptors (Lipinski definition) is 2. The Morgan fingerprint density at radius 1 is 1.14 bits per heavy atom. The Hall–Kier alpha value is 2.61. The zero-order valence-electron chi connectivity index (χ0n) is 2.83. The summed E-state index contributed by atoms with van der Waals surface area (Å²) in [5.74, 6) is 0. The van der Waals surface area contributed by atoms with Crippen LogP contribution < -0.4 is 0 Å². The molecule has 0 aliphatic rings. The molecule has 0 unspecified atom stereocenters. The quantitative estimate of drug-likeness (QED) is 0.450. The third kappa shape index (κ3) is 55.2. The Labute approximate surface area is 106 Å². The van der Waals surface area contributed by atoms with E-state index in [2.05, 4.69) is 0 Å². The van der Waals surface area contributed by atoms with Crippen LogP contribution in [0.4, 0.5) is 0 Å². The van der Waals surface area contributed by atoms with Crippen LogP contribution in [0.3, 0.4) is 0 Å². The molecule has 0 heterocycles. The van der Waals surface area contributed by atoms with Crippen LogP contribution in [-0.2, 0) is 21.2 Å². The fourth-order valence-corrected chi connectivity index (χ4v) is 0. The Bertz CT molecular complexity index is 94.9. The van der Waals surface area contributed by atoms with Crippen molar-refractivity contribution in [2.45, 2.75) is 0 Å². The second-order valence-electron chi connectivity index (χ2n) is 0.448. The molecular formula is H5CrKO4Pb. The zero-order chi connectivity index (χ0) is 4.50. The normalized spacial score (nSPS) is 8.29. The molecule has 0 bridgehead atoms. The Morgan fingerprint density at radius 3 is 1.14 bits per heavy atom. The topological polar surface area (TPSA) is 74.6 Å². The summed E-state index contributed by atoms with van der Waals surface area (Å²) in [5.41, 5.74) is 0. The minimum absolute atomic E-state index is 0. The van der Waals surface area contributed by atoms with Crippen molar-refractivity contribution in [3.8, 4) is 0 Å². The van der Waals surface area contributed by atoms with Crippen molar-refractivity contribution in [3.05, 3.63) is 0 Å². The van der Waals surface area contributed by atoms with Crippen LogP contribution in [0, 0.1) is 0 Å². The van der Waals surface area contributed by atoms with E-state index in [1.807, 2.05) is 0 Å². The average Bonchev–Trinajstić information content (AvgIpc) is 0.722. The molecule has 0 aromatic heterocycles. The van der Waals surface area contributed by atoms with Crippen molar-refractivity contribution < 1.29 is 29.5 Å². The Kier molecular flexibility index (Phi) is 15.7. The number of hydrogen-bond donors (Lipinski definition) is 2. The van der Waals surface area contributed by atoms with Crippen LogP contribution in [0.25, 0.3) is 0 Å². The van der Waals surface area contributed by atoms with Crippen LogP contribution in [0.5, 0.6) is 0 Å². The van der Waals surface area contributed by atoms with Crippen LogP contribution in [0.15, 0.2) is 0 Å². The van der Waals surface area contributed by atoms with Gasteiger partial charge in [-0.25, -0.2) is 0 Å². The zero-order valence-corrected chi connectivity index (χ0v) is 9.60. The molecule has 0 aromatic carbocycles. The molecule has 0 saturated heterocycles. The van der Waals surface area contributed by atoms with E-state index in [-0.39, 0.29) is 78.7 Å². The minimum atomic E-state index is -5.25. The van der Waals surface area contributed by atoms with Crippen LogP contribution in [-0.4, -0.2) is 87.0 Å². The molecule has 0 aliphatic heterocycles. The summed E-state index contributed by atoms with van der Waals surface area (Å²) in [6.45, 7) is 0. The maximum absolute atomic E-state index is 8.82. The van der Waals surface area contributed by atoms with Gasteiger partial charge >= 0.3 is 108 Å². The van der Waals surface area contributed by atoms with Gasteiger partial charge in [0.2, 0.25) is 0 Å². The first-order valence-corrected chi connectivity index (χ1v) is 2.88. The van der Waals surface area contributed by atoms with Gasteiger partial charge in [-0.15, -0.1) is 0 Å². The van der Waals surface area contributed by atoms with Gasteiger partial charge in [0.1, 0.15) is 0 Å². The van der Waals surface area contributed by atoms with E-state index in [9.17, 15) is 0 Å². The summed E-state index contributed by atoms with van der Waals surface area (Å²) < 4.78 is 31.9. The van der Waals surface area contributed by atoms with Crippen LogP contribution in [0.1, 0.15) is 0 Å². The Balaban J connectivity index is -0.0000000800. The van der Waals surface area contributed by atoms with E-state index >= 15 is 0 Å². The molecule has 0 aromatic rings. The molecule has 0 spiro atoms. The van der Waals surface area contributed by atoms with E-state index in [1.165, 1.54) is 0 Å². The molecule has 0 aliphatic carbocycles. The average molecular weight is 367 g/mol. The summed E-state index contributed by atoms with van der Waals surface area (Å²) in [6.07, 6.45) is 0. The Morgan fingerprint density at radius 2 is 1.14 bits per heavy atom. The molecule has 4 nitrogen and oxygen atoms in total. The maximum atomic E-state index is 8.82. The molecule has 0 fully saturated rings. The van der Waals surface area contributed by atoms with Crippen molar-refractivity contribution in [1.29, 1.82) is 0 Å². The van der Waals surface area contributed by atoms with Crippen molar-refractivity contribution in [2.24, 2.45) is 0 Å². The summed E-state index contributed by atoms with van der Waals surface area (Å²) in [4.78, 5) is 0. The van der Waals surface area contributed by atoms with Gasteiger partial charge in [0, 0.05) is 0 Å². The van der Waals surface area contributed by atoms with Gasteiger partial charge in [-0.1, -0.05) is 0 Å². The monoisotopic (exact) mass is 368 g/mol. The molecule has 7 heteroatoms. The molecule has 0 amide bonds. The molecular weight excluding hydrogens is 362 g/mol. The predicted molar refractivity (Wildman–Crippen MR) is 21.5 cm³/mol. The molecule has 0 saturated carbocycles. The van der Waals surface area contributed by atoms with Gasteiger partial charge in [0.05, 0.1) is 0 Å². The predicted octanol–water partition coefficient (Wildman–Crippen LogP) is -2.92. The van der Waals surface area contributed by atoms with Gasteiger partial charge in [-0.05, 0) is 0 Å². The van der Waals surface area contributed by atoms with Crippen molar-refractivity contribution in [3.63, 3.8) is 0 Å². The second-order valence-corrected chi connectivity index (χ2v) is 1.85. The van der Waals surface area contributed by atoms with Crippen molar-refractivity contribution in [2.75, 3.05) is 0 Å². The van der Waals surface area contributed by atoms with Crippen LogP contribution >= 0.6 is 0 Å². The van der Waals surface area contributed by atoms with E-state index in [0.717, 1.165) is 0 Å². The van der Waals surface area contributed by atoms with E-state index in [4.69, 9.17) is 15.9 Å². The first-order valence-electron chi connectivity index (χ1n) is 0.698. The van der Waals surface area contributed by atoms with E-state index < -0.39 is 13.6 Å². The van der Waals surface area contributed by atoms with Gasteiger partial charge in [-0.3, -0.25) is 0 Å². The molecule has 0 rings (SSSR count). The summed E-state index contributed by atoms with van der Waals surface area (Å²) in [5, 5.41) is 0. The molecule has 2 N–H and O–H groups in total. The SMILES string of the molecule is [KH].[O]=[Cr](=[O])([OH])[OH].[PbH2]. The summed E-state index contributed by atoms with van der Waals surface area (Å²) in [6, 6.07) is 0. The molecule has 0 atom stereocenters. The summed E-state index contributed by atoms with van der Waals surface area (Å²) in [7, 11) is 0. The standard InChI is InChI=1S/Cr.K.2H2O.2O.Pb.3H/h;;2*1H2;;;;;;/q+2;;;;;;;;;/p-2. The molecule has 7 heavy (non-hydrogen) atoms. The van der Waals surface area contributed by atoms with Gasteiger partial charge in [0.25, 0.3) is 0 Å². The fraction of sp³-hybridized carbons (Fsp3) is 0. The van der Waals surface area contributed by atoms with E-state index in [0.29, 0.717) is 0 Å². The van der Waals surface area contributed by atoms with E-state index in [1.54, 1.807) is 0 Å². The van der Waals surface area contributed by atoms with Gasteiger partial charge < -0.3 is 0 Å². The van der Waals surface area contributed by atoms with Crippen LogP contribution in [0.2, 0.25) is 0 Å². The fourth-order valence-electron chi connectivity index (χ4n) is 0. The molecule has 40 valence electrons. The second kappa shape index (κ2) is 6.73. The van der Waals surface area contributed by atoms with Gasteiger partial charge in [-0.2, -0.15) is 0 Å². The molecule has 2 radical (unpaired) electrons. The summed E-state index contributed by atoms with van der Waals surface area (Å²) >= 11 is -5.25.